The van der Waals surface area contributed by atoms with Gasteiger partial charge in [-0.25, -0.2) is 0 Å². The largest absolute Gasteiger partial charge is 0.393 e. The van der Waals surface area contributed by atoms with Crippen LogP contribution in [-0.2, 0) is 0 Å². The van der Waals surface area contributed by atoms with Crippen molar-refractivity contribution in [3.8, 4) is 0 Å². The number of nitrogens with two attached hydrogens (primary N) is 4. The lowest BCUT2D eigenvalue weighted by molar-refractivity contribution is 1.17. The van der Waals surface area contributed by atoms with E-state index in [1.165, 1.54) is 7.05 Å². The monoisotopic (exact) mass is 129 g/mol. The van der Waals surface area contributed by atoms with Crippen molar-refractivity contribution in [2.75, 3.05) is 7.05 Å². The van der Waals surface area contributed by atoms with Crippen LogP contribution in [0.2, 0.25) is 0 Å². The first-order valence-corrected chi connectivity index (χ1v) is 2.33. The van der Waals surface area contributed by atoms with Gasteiger partial charge in [-0.1, -0.05) is 0 Å². The first-order valence-electron chi connectivity index (χ1n) is 2.33. The third-order valence-corrected chi connectivity index (χ3v) is 0.828. The van der Waals surface area contributed by atoms with Gasteiger partial charge in [0.05, 0.1) is 0 Å². The molecular formula is C4H11N5. The van der Waals surface area contributed by atoms with Gasteiger partial charge in [-0.2, -0.15) is 0 Å². The highest BCUT2D eigenvalue weighted by molar-refractivity contribution is 5.96. The van der Waals surface area contributed by atoms with Crippen LogP contribution in [0.4, 0.5) is 0 Å². The Hall–Kier alpha value is -1.39. The van der Waals surface area contributed by atoms with Crippen molar-refractivity contribution >= 4 is 5.84 Å². The highest BCUT2D eigenvalue weighted by Crippen LogP contribution is 1.81. The fourth-order valence-corrected chi connectivity index (χ4v) is 0.268. The Morgan fingerprint density at radius 1 is 1.11 bits per heavy atom. The fourth-order valence-electron chi connectivity index (χ4n) is 0.268. The number of aliphatic imine (C=N–C) groups is 1. The Balaban J connectivity index is 4.40. The molecular weight excluding hydrogens is 118 g/mol. The minimum Gasteiger partial charge on any atom is -0.393 e. The van der Waals surface area contributed by atoms with Gasteiger partial charge in [0.25, 0.3) is 0 Å². The van der Waals surface area contributed by atoms with Crippen molar-refractivity contribution in [2.24, 2.45) is 27.9 Å². The molecule has 9 heavy (non-hydrogen) atoms. The van der Waals surface area contributed by atoms with Crippen LogP contribution < -0.4 is 22.9 Å². The van der Waals surface area contributed by atoms with Crippen molar-refractivity contribution in [3.05, 3.63) is 11.5 Å². The second-order valence-electron chi connectivity index (χ2n) is 1.48. The van der Waals surface area contributed by atoms with E-state index in [-0.39, 0.29) is 17.4 Å². The lowest BCUT2D eigenvalue weighted by Crippen LogP contribution is -2.28. The molecule has 0 aliphatic carbocycles. The van der Waals surface area contributed by atoms with E-state index in [2.05, 4.69) is 4.99 Å². The Morgan fingerprint density at radius 3 is 1.67 bits per heavy atom. The smallest absolute Gasteiger partial charge is 0.145 e. The van der Waals surface area contributed by atoms with E-state index >= 15 is 0 Å². The topological polar surface area (TPSA) is 116 Å². The number of rotatable bonds is 1. The Labute approximate surface area is 53.4 Å². The van der Waals surface area contributed by atoms with Gasteiger partial charge >= 0.3 is 0 Å². The molecule has 5 heteroatoms. The van der Waals surface area contributed by atoms with Gasteiger partial charge in [0.1, 0.15) is 17.4 Å². The summed E-state index contributed by atoms with van der Waals surface area (Å²) in [6.45, 7) is 0. The zero-order valence-corrected chi connectivity index (χ0v) is 5.26. The quantitative estimate of drug-likeness (QED) is 0.242. The summed E-state index contributed by atoms with van der Waals surface area (Å²) in [4.78, 5) is 3.56. The SMILES string of the molecule is CN=C(N)C(N)=C(N)N. The maximum absolute atomic E-state index is 5.24. The van der Waals surface area contributed by atoms with Crippen LogP contribution in [0, 0.1) is 0 Å². The zero-order valence-electron chi connectivity index (χ0n) is 5.26. The van der Waals surface area contributed by atoms with Crippen LogP contribution in [0.3, 0.4) is 0 Å². The molecule has 0 aliphatic rings. The summed E-state index contributed by atoms with van der Waals surface area (Å²) in [5, 5.41) is 0. The minimum atomic E-state index is -0.00176. The molecule has 0 saturated carbocycles. The van der Waals surface area contributed by atoms with E-state index in [4.69, 9.17) is 22.9 Å². The van der Waals surface area contributed by atoms with Crippen LogP contribution in [-0.4, -0.2) is 12.9 Å². The molecule has 0 bridgehead atoms. The first-order chi connectivity index (χ1) is 4.09. The molecule has 0 heterocycles. The van der Waals surface area contributed by atoms with Crippen molar-refractivity contribution in [2.45, 2.75) is 0 Å². The number of nitrogens with zero attached hydrogens (tertiary/aromatic N) is 1. The lowest BCUT2D eigenvalue weighted by Gasteiger charge is -1.99. The second kappa shape index (κ2) is 2.81. The van der Waals surface area contributed by atoms with E-state index in [9.17, 15) is 0 Å². The molecule has 0 aromatic carbocycles. The molecule has 0 spiro atoms. The van der Waals surface area contributed by atoms with E-state index in [0.29, 0.717) is 0 Å². The standard InChI is InChI=1S/C4H11N5/c1-9-4(8)2(5)3(6)7/h5-7H2,1H3,(H2,8,9). The van der Waals surface area contributed by atoms with Crippen LogP contribution in [0.25, 0.3) is 0 Å². The predicted octanol–water partition coefficient (Wildman–Crippen LogP) is -1.98. The molecule has 5 nitrogen and oxygen atoms in total. The Bertz CT molecular complexity index is 152. The van der Waals surface area contributed by atoms with Gasteiger partial charge in [0.15, 0.2) is 0 Å². The van der Waals surface area contributed by atoms with E-state index in [0.717, 1.165) is 0 Å². The van der Waals surface area contributed by atoms with Crippen molar-refractivity contribution in [1.29, 1.82) is 0 Å². The Morgan fingerprint density at radius 2 is 1.56 bits per heavy atom. The summed E-state index contributed by atoms with van der Waals surface area (Å²) in [6, 6.07) is 0. The molecule has 52 valence electrons. The fraction of sp³-hybridized carbons (Fsp3) is 0.250. The average molecular weight is 129 g/mol. The van der Waals surface area contributed by atoms with Crippen molar-refractivity contribution in [3.63, 3.8) is 0 Å². The number of hydrogen-bond acceptors (Lipinski definition) is 4. The molecule has 0 unspecified atom stereocenters. The third kappa shape index (κ3) is 1.89. The molecule has 0 aromatic rings. The van der Waals surface area contributed by atoms with Crippen LogP contribution in [0.15, 0.2) is 16.5 Å². The van der Waals surface area contributed by atoms with Gasteiger partial charge in [-0.3, -0.25) is 4.99 Å². The molecule has 0 saturated heterocycles. The van der Waals surface area contributed by atoms with Crippen molar-refractivity contribution in [1.82, 2.24) is 0 Å². The molecule has 0 aliphatic heterocycles. The first kappa shape index (κ1) is 7.61. The lowest BCUT2D eigenvalue weighted by atomic mass is 10.4. The summed E-state index contributed by atoms with van der Waals surface area (Å²) >= 11 is 0. The van der Waals surface area contributed by atoms with E-state index in [1.54, 1.807) is 0 Å². The molecule has 0 fully saturated rings. The zero-order chi connectivity index (χ0) is 7.44. The van der Waals surface area contributed by atoms with Crippen LogP contribution in [0.5, 0.6) is 0 Å². The minimum absolute atomic E-state index is 0.00176. The van der Waals surface area contributed by atoms with E-state index < -0.39 is 0 Å². The maximum Gasteiger partial charge on any atom is 0.145 e. The van der Waals surface area contributed by atoms with Crippen molar-refractivity contribution < 1.29 is 0 Å². The van der Waals surface area contributed by atoms with Gasteiger partial charge in [0.2, 0.25) is 0 Å². The van der Waals surface area contributed by atoms with E-state index in [1.807, 2.05) is 0 Å². The second-order valence-corrected chi connectivity index (χ2v) is 1.48. The molecule has 0 aromatic heterocycles. The van der Waals surface area contributed by atoms with Crippen LogP contribution >= 0.6 is 0 Å². The molecule has 0 rings (SSSR count). The van der Waals surface area contributed by atoms with Crippen LogP contribution in [0.1, 0.15) is 0 Å². The van der Waals surface area contributed by atoms with Gasteiger partial charge < -0.3 is 22.9 Å². The normalized spacial score (nSPS) is 11.0. The summed E-state index contributed by atoms with van der Waals surface area (Å²) in [5.41, 5.74) is 20.8. The highest BCUT2D eigenvalue weighted by Gasteiger charge is 1.96. The molecule has 0 amide bonds. The summed E-state index contributed by atoms with van der Waals surface area (Å²) in [7, 11) is 1.51. The predicted molar refractivity (Wildman–Crippen MR) is 37.1 cm³/mol. The van der Waals surface area contributed by atoms with Gasteiger partial charge in [-0.05, 0) is 0 Å². The molecule has 0 atom stereocenters. The summed E-state index contributed by atoms with van der Waals surface area (Å²) in [5.74, 6) is 0.160. The number of hydrogen-bond donors (Lipinski definition) is 4. The highest BCUT2D eigenvalue weighted by atomic mass is 14.9. The summed E-state index contributed by atoms with van der Waals surface area (Å²) in [6.07, 6.45) is 0. The van der Waals surface area contributed by atoms with Gasteiger partial charge in [-0.15, -0.1) is 0 Å². The molecule has 0 radical (unpaired) electrons. The Kier molecular flexibility index (Phi) is 2.37. The molecule has 8 N–H and O–H groups in total. The maximum atomic E-state index is 5.24. The number of amidine groups is 1. The summed E-state index contributed by atoms with van der Waals surface area (Å²) < 4.78 is 0. The average Bonchev–Trinajstić information content (AvgIpc) is 1.84. The third-order valence-electron chi connectivity index (χ3n) is 0.828. The van der Waals surface area contributed by atoms with Gasteiger partial charge in [0, 0.05) is 7.05 Å².